The number of carboxylic acids is 1. The first kappa shape index (κ1) is 22.3. The molecule has 0 radical (unpaired) electrons. The van der Waals surface area contributed by atoms with E-state index in [-0.39, 0.29) is 25.4 Å². The molecule has 170 valence electrons. The van der Waals surface area contributed by atoms with E-state index < -0.39 is 17.2 Å². The maximum Gasteiger partial charge on any atom is 0.331 e. The zero-order valence-corrected chi connectivity index (χ0v) is 19.0. The summed E-state index contributed by atoms with van der Waals surface area (Å²) in [5.74, 6) is -0.772. The van der Waals surface area contributed by atoms with Crippen molar-refractivity contribution in [2.45, 2.75) is 33.4 Å². The molecule has 2 heterocycles. The van der Waals surface area contributed by atoms with Crippen LogP contribution in [0.4, 0.5) is 0 Å². The summed E-state index contributed by atoms with van der Waals surface area (Å²) in [5.41, 5.74) is 2.27. The van der Waals surface area contributed by atoms with Crippen LogP contribution in [0.1, 0.15) is 31.4 Å². The van der Waals surface area contributed by atoms with E-state index in [0.717, 1.165) is 21.0 Å². The van der Waals surface area contributed by atoms with E-state index in [1.54, 1.807) is 10.6 Å². The van der Waals surface area contributed by atoms with Crippen molar-refractivity contribution in [2.75, 3.05) is 0 Å². The summed E-state index contributed by atoms with van der Waals surface area (Å²) in [5, 5.41) is 10.6. The van der Waals surface area contributed by atoms with Gasteiger partial charge in [0, 0.05) is 30.7 Å². The summed E-state index contributed by atoms with van der Waals surface area (Å²) in [6.07, 6.45) is 5.57. The van der Waals surface area contributed by atoms with Gasteiger partial charge < -0.3 is 9.67 Å². The van der Waals surface area contributed by atoms with E-state index in [4.69, 9.17) is 5.11 Å². The number of para-hydroxylation sites is 1. The number of rotatable bonds is 7. The molecule has 0 amide bonds. The molecule has 0 aliphatic heterocycles. The Bertz CT molecular complexity index is 1500. The van der Waals surface area contributed by atoms with Crippen LogP contribution in [0, 0.1) is 5.92 Å². The third kappa shape index (κ3) is 4.26. The lowest BCUT2D eigenvalue weighted by Crippen LogP contribution is -2.41. The van der Waals surface area contributed by atoms with Gasteiger partial charge >= 0.3 is 11.7 Å². The van der Waals surface area contributed by atoms with Crippen molar-refractivity contribution >= 4 is 33.9 Å². The number of aryl methyl sites for hydroxylation is 1. The largest absolute Gasteiger partial charge is 0.481 e. The molecule has 4 rings (SSSR count). The van der Waals surface area contributed by atoms with Gasteiger partial charge in [-0.3, -0.25) is 18.7 Å². The number of benzene rings is 2. The lowest BCUT2D eigenvalue weighted by atomic mass is 10.1. The summed E-state index contributed by atoms with van der Waals surface area (Å²) in [4.78, 5) is 38.0. The predicted octanol–water partition coefficient (Wildman–Crippen LogP) is 3.85. The Morgan fingerprint density at radius 3 is 2.48 bits per heavy atom. The fourth-order valence-electron chi connectivity index (χ4n) is 4.20. The number of carboxylic acid groups (broad SMARTS) is 1. The molecule has 7 heteroatoms. The normalized spacial score (nSPS) is 11.9. The Morgan fingerprint density at radius 1 is 1.03 bits per heavy atom. The summed E-state index contributed by atoms with van der Waals surface area (Å²) < 4.78 is 4.64. The van der Waals surface area contributed by atoms with Crippen molar-refractivity contribution in [3.8, 4) is 0 Å². The molecule has 33 heavy (non-hydrogen) atoms. The minimum absolute atomic E-state index is 0.180. The second-order valence-corrected chi connectivity index (χ2v) is 8.60. The van der Waals surface area contributed by atoms with E-state index in [0.29, 0.717) is 16.5 Å². The average Bonchev–Trinajstić information content (AvgIpc) is 3.10. The molecular formula is C26H27N3O4. The van der Waals surface area contributed by atoms with Gasteiger partial charge in [-0.05, 0) is 29.2 Å². The highest BCUT2D eigenvalue weighted by atomic mass is 16.4. The Kier molecular flexibility index (Phi) is 6.05. The Morgan fingerprint density at radius 2 is 1.76 bits per heavy atom. The van der Waals surface area contributed by atoms with Gasteiger partial charge in [0.2, 0.25) is 0 Å². The Labute approximate surface area is 190 Å². The van der Waals surface area contributed by atoms with Gasteiger partial charge in [-0.15, -0.1) is 0 Å². The highest BCUT2D eigenvalue weighted by Crippen LogP contribution is 2.23. The van der Waals surface area contributed by atoms with Crippen LogP contribution in [0.3, 0.4) is 0 Å². The molecule has 4 aromatic rings. The first-order valence-corrected chi connectivity index (χ1v) is 11.0. The number of hydrogen-bond donors (Lipinski definition) is 1. The maximum atomic E-state index is 13.4. The molecule has 0 saturated heterocycles. The van der Waals surface area contributed by atoms with Crippen molar-refractivity contribution in [1.29, 1.82) is 0 Å². The summed E-state index contributed by atoms with van der Waals surface area (Å²) in [6, 6.07) is 13.4. The van der Waals surface area contributed by atoms with Crippen molar-refractivity contribution < 1.29 is 9.90 Å². The average molecular weight is 446 g/mol. The third-order valence-electron chi connectivity index (χ3n) is 5.80. The quantitative estimate of drug-likeness (QED) is 0.468. The highest BCUT2D eigenvalue weighted by Gasteiger charge is 2.17. The molecule has 7 nitrogen and oxygen atoms in total. The molecule has 0 aliphatic carbocycles. The molecule has 0 fully saturated rings. The number of aromatic nitrogens is 3. The molecule has 0 bridgehead atoms. The van der Waals surface area contributed by atoms with Gasteiger partial charge in [0.25, 0.3) is 5.56 Å². The number of aliphatic carboxylic acids is 1. The smallest absolute Gasteiger partial charge is 0.331 e. The van der Waals surface area contributed by atoms with Crippen LogP contribution >= 0.6 is 0 Å². The van der Waals surface area contributed by atoms with Crippen molar-refractivity contribution in [2.24, 2.45) is 13.0 Å². The van der Waals surface area contributed by atoms with Crippen molar-refractivity contribution in [3.05, 3.63) is 86.7 Å². The zero-order valence-electron chi connectivity index (χ0n) is 19.0. The maximum absolute atomic E-state index is 13.4. The summed E-state index contributed by atoms with van der Waals surface area (Å²) in [7, 11) is 1.95. The lowest BCUT2D eigenvalue weighted by Gasteiger charge is -2.15. The van der Waals surface area contributed by atoms with E-state index >= 15 is 0 Å². The molecule has 0 aliphatic rings. The minimum Gasteiger partial charge on any atom is -0.481 e. The van der Waals surface area contributed by atoms with E-state index in [9.17, 15) is 14.4 Å². The number of fused-ring (bicyclic) bond motifs is 2. The Balaban J connectivity index is 1.99. The summed E-state index contributed by atoms with van der Waals surface area (Å²) >= 11 is 0. The lowest BCUT2D eigenvalue weighted by molar-refractivity contribution is -0.137. The first-order valence-electron chi connectivity index (χ1n) is 11.0. The monoisotopic (exact) mass is 445 g/mol. The summed E-state index contributed by atoms with van der Waals surface area (Å²) in [6.45, 7) is 4.18. The molecular weight excluding hydrogens is 418 g/mol. The molecule has 2 aromatic carbocycles. The molecule has 2 aromatic heterocycles. The fraction of sp³-hybridized carbons (Fsp3) is 0.269. The van der Waals surface area contributed by atoms with Crippen LogP contribution in [0.25, 0.3) is 27.9 Å². The number of allylic oxidation sites excluding steroid dienone is 1. The SMILES string of the molecule is CC(C)/C=C/c1cccc2c1c(=O)n(CCC(=O)O)c(=O)n2Cc1cn(C)c2ccccc12. The number of carbonyl (C=O) groups is 1. The molecule has 0 spiro atoms. The van der Waals surface area contributed by atoms with Crippen LogP contribution in [0.2, 0.25) is 0 Å². The topological polar surface area (TPSA) is 86.2 Å². The fourth-order valence-corrected chi connectivity index (χ4v) is 4.20. The molecule has 0 atom stereocenters. The predicted molar refractivity (Wildman–Crippen MR) is 131 cm³/mol. The second kappa shape index (κ2) is 8.94. The second-order valence-electron chi connectivity index (χ2n) is 8.60. The minimum atomic E-state index is -1.06. The first-order chi connectivity index (χ1) is 15.8. The number of hydrogen-bond acceptors (Lipinski definition) is 3. The molecule has 1 N–H and O–H groups in total. The van der Waals surface area contributed by atoms with E-state index in [2.05, 4.69) is 0 Å². The highest BCUT2D eigenvalue weighted by molar-refractivity contribution is 5.88. The van der Waals surface area contributed by atoms with Crippen molar-refractivity contribution in [3.63, 3.8) is 0 Å². The third-order valence-corrected chi connectivity index (χ3v) is 5.80. The van der Waals surface area contributed by atoms with E-state index in [1.165, 1.54) is 0 Å². The van der Waals surface area contributed by atoms with Gasteiger partial charge in [-0.25, -0.2) is 4.79 Å². The van der Waals surface area contributed by atoms with Crippen LogP contribution < -0.4 is 11.2 Å². The van der Waals surface area contributed by atoms with Gasteiger partial charge in [0.05, 0.1) is 23.9 Å². The van der Waals surface area contributed by atoms with Gasteiger partial charge in [0.15, 0.2) is 0 Å². The van der Waals surface area contributed by atoms with Crippen LogP contribution in [0.5, 0.6) is 0 Å². The standard InChI is InChI=1S/C26H27N3O4/c1-17(2)11-12-18-7-6-10-22-24(18)25(32)28(14-13-23(30)31)26(33)29(22)16-19-15-27(3)21-9-5-4-8-20(19)21/h4-12,15,17H,13-14,16H2,1-3H3,(H,30,31)/b12-11+. The Hall–Kier alpha value is -3.87. The van der Waals surface area contributed by atoms with Crippen molar-refractivity contribution in [1.82, 2.24) is 13.7 Å². The van der Waals surface area contributed by atoms with Gasteiger partial charge in [0.1, 0.15) is 0 Å². The molecule has 0 unspecified atom stereocenters. The molecule has 0 saturated carbocycles. The van der Waals surface area contributed by atoms with Crippen LogP contribution in [0.15, 0.2) is 64.3 Å². The van der Waals surface area contributed by atoms with Crippen LogP contribution in [-0.2, 0) is 24.9 Å². The van der Waals surface area contributed by atoms with Gasteiger partial charge in [-0.2, -0.15) is 0 Å². The van der Waals surface area contributed by atoms with Crippen LogP contribution in [-0.4, -0.2) is 24.8 Å². The zero-order chi connectivity index (χ0) is 23.7. The van der Waals surface area contributed by atoms with Gasteiger partial charge in [-0.1, -0.05) is 56.3 Å². The van der Waals surface area contributed by atoms with E-state index in [1.807, 2.05) is 80.2 Å². The number of nitrogens with zero attached hydrogens (tertiary/aromatic N) is 3.